The molecule has 0 aromatic heterocycles. The Bertz CT molecular complexity index is 138. The van der Waals surface area contributed by atoms with Crippen LogP contribution >= 0.6 is 11.6 Å². The highest BCUT2D eigenvalue weighted by atomic mass is 35.5. The monoisotopic (exact) mass is 189 g/mol. The molecule has 0 aromatic rings. The summed E-state index contributed by atoms with van der Waals surface area (Å²) in [6.07, 6.45) is 3.87. The number of halogens is 1. The van der Waals surface area contributed by atoms with Gasteiger partial charge in [-0.25, -0.2) is 0 Å². The smallest absolute Gasteiger partial charge is 0.0292 e. The molecule has 2 heteroatoms. The maximum absolute atomic E-state index is 6.04. The molecule has 0 amide bonds. The van der Waals surface area contributed by atoms with E-state index in [-0.39, 0.29) is 0 Å². The summed E-state index contributed by atoms with van der Waals surface area (Å²) in [6, 6.07) is 0. The van der Waals surface area contributed by atoms with Crippen molar-refractivity contribution in [2.45, 2.75) is 33.1 Å². The maximum atomic E-state index is 6.04. The summed E-state index contributed by atoms with van der Waals surface area (Å²) in [5, 5.41) is 0. The van der Waals surface area contributed by atoms with E-state index < -0.39 is 0 Å². The Kier molecular flexibility index (Phi) is 3.85. The van der Waals surface area contributed by atoms with Crippen molar-refractivity contribution in [1.29, 1.82) is 0 Å². The lowest BCUT2D eigenvalue weighted by Gasteiger charge is -2.26. The van der Waals surface area contributed by atoms with E-state index in [1.54, 1.807) is 0 Å². The summed E-state index contributed by atoms with van der Waals surface area (Å²) in [5.41, 5.74) is 0.451. The number of likely N-dealkylation sites (tertiary alicyclic amines) is 1. The fourth-order valence-corrected chi connectivity index (χ4v) is 2.56. The molecule has 1 aliphatic rings. The van der Waals surface area contributed by atoms with E-state index in [1.807, 2.05) is 0 Å². The van der Waals surface area contributed by atoms with Crippen molar-refractivity contribution in [1.82, 2.24) is 4.90 Å². The molecule has 0 aromatic carbocycles. The molecule has 0 bridgehead atoms. The normalized spacial score (nSPS) is 31.2. The van der Waals surface area contributed by atoms with Crippen LogP contribution in [-0.2, 0) is 0 Å². The highest BCUT2D eigenvalue weighted by molar-refractivity contribution is 6.18. The predicted octanol–water partition coefficient (Wildman–Crippen LogP) is 2.74. The molecule has 1 heterocycles. The molecule has 0 saturated carbocycles. The molecule has 72 valence electrons. The largest absolute Gasteiger partial charge is 0.303 e. The van der Waals surface area contributed by atoms with Gasteiger partial charge in [0, 0.05) is 12.4 Å². The molecule has 1 saturated heterocycles. The summed E-state index contributed by atoms with van der Waals surface area (Å²) < 4.78 is 0. The summed E-state index contributed by atoms with van der Waals surface area (Å²) in [4.78, 5) is 2.51. The van der Waals surface area contributed by atoms with Gasteiger partial charge in [-0.1, -0.05) is 20.3 Å². The summed E-state index contributed by atoms with van der Waals surface area (Å²) in [5.74, 6) is 0.845. The Hall–Kier alpha value is 0.250. The van der Waals surface area contributed by atoms with Gasteiger partial charge >= 0.3 is 0 Å². The first kappa shape index (κ1) is 10.3. The van der Waals surface area contributed by atoms with Crippen molar-refractivity contribution in [3.63, 3.8) is 0 Å². The quantitative estimate of drug-likeness (QED) is 0.615. The van der Waals surface area contributed by atoms with Crippen molar-refractivity contribution >= 4 is 11.6 Å². The highest BCUT2D eigenvalue weighted by Gasteiger charge is 2.35. The van der Waals surface area contributed by atoms with Crippen LogP contribution in [0, 0.1) is 5.41 Å². The zero-order chi connectivity index (χ0) is 9.03. The third-order valence-electron chi connectivity index (χ3n) is 3.03. The minimum absolute atomic E-state index is 0.451. The molecule has 12 heavy (non-hydrogen) atoms. The van der Waals surface area contributed by atoms with Crippen LogP contribution in [0.3, 0.4) is 0 Å². The van der Waals surface area contributed by atoms with Crippen LogP contribution in [0.1, 0.15) is 33.1 Å². The van der Waals surface area contributed by atoms with Gasteiger partial charge in [-0.05, 0) is 31.3 Å². The Morgan fingerprint density at radius 3 is 2.58 bits per heavy atom. The summed E-state index contributed by atoms with van der Waals surface area (Å²) >= 11 is 6.04. The second kappa shape index (κ2) is 4.48. The fraction of sp³-hybridized carbons (Fsp3) is 1.00. The van der Waals surface area contributed by atoms with E-state index in [0.29, 0.717) is 5.41 Å². The number of hydrogen-bond donors (Lipinski definition) is 0. The van der Waals surface area contributed by atoms with Crippen LogP contribution in [0.5, 0.6) is 0 Å². The van der Waals surface area contributed by atoms with E-state index in [9.17, 15) is 0 Å². The van der Waals surface area contributed by atoms with Gasteiger partial charge in [0.25, 0.3) is 0 Å². The van der Waals surface area contributed by atoms with Crippen LogP contribution in [0.4, 0.5) is 0 Å². The zero-order valence-electron chi connectivity index (χ0n) is 8.27. The van der Waals surface area contributed by atoms with Gasteiger partial charge in [-0.15, -0.1) is 11.6 Å². The average molecular weight is 190 g/mol. The molecule has 1 aliphatic heterocycles. The molecular weight excluding hydrogens is 170 g/mol. The maximum Gasteiger partial charge on any atom is 0.0292 e. The standard InChI is InChI=1S/C10H20ClN/c1-3-5-10(8-11)6-7-12(4-2)9-10/h3-9H2,1-2H3. The third-order valence-corrected chi connectivity index (χ3v) is 3.60. The van der Waals surface area contributed by atoms with Gasteiger partial charge in [-0.3, -0.25) is 0 Å². The van der Waals surface area contributed by atoms with Crippen LogP contribution < -0.4 is 0 Å². The molecule has 1 atom stereocenters. The Morgan fingerprint density at radius 2 is 2.17 bits per heavy atom. The first-order chi connectivity index (χ1) is 5.76. The van der Waals surface area contributed by atoms with E-state index in [2.05, 4.69) is 18.7 Å². The molecular formula is C10H20ClN. The molecule has 0 N–H and O–H groups in total. The lowest BCUT2D eigenvalue weighted by atomic mass is 9.85. The van der Waals surface area contributed by atoms with Crippen LogP contribution in [-0.4, -0.2) is 30.4 Å². The topological polar surface area (TPSA) is 3.24 Å². The summed E-state index contributed by atoms with van der Waals surface area (Å²) in [7, 11) is 0. The van der Waals surface area contributed by atoms with E-state index in [1.165, 1.54) is 38.9 Å². The molecule has 1 rings (SSSR count). The van der Waals surface area contributed by atoms with Crippen LogP contribution in [0.15, 0.2) is 0 Å². The van der Waals surface area contributed by atoms with Crippen molar-refractivity contribution in [3.05, 3.63) is 0 Å². The molecule has 0 spiro atoms. The SMILES string of the molecule is CCCC1(CCl)CCN(CC)C1. The van der Waals surface area contributed by atoms with Crippen molar-refractivity contribution in [2.24, 2.45) is 5.41 Å². The third kappa shape index (κ3) is 2.14. The second-order valence-electron chi connectivity index (χ2n) is 4.00. The highest BCUT2D eigenvalue weighted by Crippen LogP contribution is 2.35. The number of rotatable bonds is 4. The molecule has 0 aliphatic carbocycles. The lowest BCUT2D eigenvalue weighted by molar-refractivity contribution is 0.271. The fourth-order valence-electron chi connectivity index (χ4n) is 2.21. The van der Waals surface area contributed by atoms with Gasteiger partial charge in [-0.2, -0.15) is 0 Å². The number of hydrogen-bond acceptors (Lipinski definition) is 1. The molecule has 0 radical (unpaired) electrons. The minimum Gasteiger partial charge on any atom is -0.303 e. The Morgan fingerprint density at radius 1 is 1.42 bits per heavy atom. The molecule has 1 unspecified atom stereocenters. The van der Waals surface area contributed by atoms with E-state index in [4.69, 9.17) is 11.6 Å². The van der Waals surface area contributed by atoms with Gasteiger partial charge in [0.2, 0.25) is 0 Å². The summed E-state index contributed by atoms with van der Waals surface area (Å²) in [6.45, 7) is 8.14. The van der Waals surface area contributed by atoms with Crippen LogP contribution in [0.2, 0.25) is 0 Å². The number of nitrogens with zero attached hydrogens (tertiary/aromatic N) is 1. The first-order valence-corrected chi connectivity index (χ1v) is 5.58. The van der Waals surface area contributed by atoms with Gasteiger partial charge in [0.05, 0.1) is 0 Å². The second-order valence-corrected chi connectivity index (χ2v) is 4.27. The van der Waals surface area contributed by atoms with Crippen LogP contribution in [0.25, 0.3) is 0 Å². The van der Waals surface area contributed by atoms with Crippen molar-refractivity contribution in [2.75, 3.05) is 25.5 Å². The van der Waals surface area contributed by atoms with Gasteiger partial charge in [0.1, 0.15) is 0 Å². The first-order valence-electron chi connectivity index (χ1n) is 5.04. The van der Waals surface area contributed by atoms with Gasteiger partial charge < -0.3 is 4.90 Å². The number of alkyl halides is 1. The zero-order valence-corrected chi connectivity index (χ0v) is 9.03. The minimum atomic E-state index is 0.451. The molecule has 1 nitrogen and oxygen atoms in total. The average Bonchev–Trinajstić information content (AvgIpc) is 2.50. The molecule has 1 fully saturated rings. The van der Waals surface area contributed by atoms with E-state index in [0.717, 1.165) is 5.88 Å². The predicted molar refractivity (Wildman–Crippen MR) is 54.8 cm³/mol. The van der Waals surface area contributed by atoms with Crippen molar-refractivity contribution < 1.29 is 0 Å². The Labute approximate surface area is 81.1 Å². The van der Waals surface area contributed by atoms with Crippen molar-refractivity contribution in [3.8, 4) is 0 Å². The van der Waals surface area contributed by atoms with E-state index >= 15 is 0 Å². The van der Waals surface area contributed by atoms with Gasteiger partial charge in [0.15, 0.2) is 0 Å². The lowest BCUT2D eigenvalue weighted by Crippen LogP contribution is -2.28. The Balaban J connectivity index is 2.47.